The molecule has 32 heavy (non-hydrogen) atoms. The first-order valence-corrected chi connectivity index (χ1v) is 12.2. The first-order valence-electron chi connectivity index (χ1n) is 11.4. The SMILES string of the molecule is CC(C)c1[c-]c2c(cc1)-c1ccc(C(C)C)cc1C2.[C-]1=CC=CC1.[Cl-].[Cl-].[Ti+2]=[C]1CCCC1. The van der Waals surface area contributed by atoms with Gasteiger partial charge in [-0.3, -0.25) is 6.08 Å². The number of hydrogen-bond acceptors (Lipinski definition) is 0. The van der Waals surface area contributed by atoms with E-state index in [1.54, 1.807) is 3.81 Å². The van der Waals surface area contributed by atoms with E-state index in [1.165, 1.54) is 59.1 Å². The second-order valence-corrected chi connectivity index (χ2v) is 10.1. The summed E-state index contributed by atoms with van der Waals surface area (Å²) in [5.41, 5.74) is 8.41. The first-order chi connectivity index (χ1) is 14.5. The van der Waals surface area contributed by atoms with Gasteiger partial charge in [-0.05, 0) is 29.4 Å². The van der Waals surface area contributed by atoms with Crippen LogP contribution in [-0.4, -0.2) is 3.81 Å². The summed E-state index contributed by atoms with van der Waals surface area (Å²) in [6.45, 7) is 8.98. The Labute approximate surface area is 219 Å². The van der Waals surface area contributed by atoms with Gasteiger partial charge in [0.25, 0.3) is 0 Å². The number of rotatable bonds is 2. The van der Waals surface area contributed by atoms with Crippen LogP contribution in [0.15, 0.2) is 48.6 Å². The molecule has 3 aliphatic carbocycles. The molecule has 170 valence electrons. The molecule has 0 aromatic heterocycles. The predicted octanol–water partition coefficient (Wildman–Crippen LogP) is 1.90. The van der Waals surface area contributed by atoms with E-state index >= 15 is 0 Å². The van der Waals surface area contributed by atoms with Gasteiger partial charge < -0.3 is 24.8 Å². The fraction of sp³-hybridized carbons (Fsp3) is 0.414. The molecule has 1 saturated carbocycles. The third-order valence-electron chi connectivity index (χ3n) is 5.92. The van der Waals surface area contributed by atoms with Gasteiger partial charge >= 0.3 is 49.5 Å². The normalized spacial score (nSPS) is 14.7. The molecule has 0 radical (unpaired) electrons. The van der Waals surface area contributed by atoms with Crippen LogP contribution in [-0.2, 0) is 26.4 Å². The Kier molecular flexibility index (Phi) is 13.1. The second kappa shape index (κ2) is 14.4. The third-order valence-corrected chi connectivity index (χ3v) is 6.70. The van der Waals surface area contributed by atoms with Crippen molar-refractivity contribution in [3.8, 4) is 11.1 Å². The monoisotopic (exact) mass is 500 g/mol. The molecule has 0 N–H and O–H groups in total. The predicted molar refractivity (Wildman–Crippen MR) is 127 cm³/mol. The van der Waals surface area contributed by atoms with E-state index in [9.17, 15) is 0 Å². The van der Waals surface area contributed by atoms with Crippen molar-refractivity contribution in [2.24, 2.45) is 0 Å². The Morgan fingerprint density at radius 1 is 0.875 bits per heavy atom. The quantitative estimate of drug-likeness (QED) is 0.372. The van der Waals surface area contributed by atoms with Gasteiger partial charge in [0, 0.05) is 0 Å². The van der Waals surface area contributed by atoms with Crippen LogP contribution >= 0.6 is 0 Å². The summed E-state index contributed by atoms with van der Waals surface area (Å²) in [4.78, 5) is 0. The van der Waals surface area contributed by atoms with Gasteiger partial charge in [-0.1, -0.05) is 51.5 Å². The molecular formula is C29H34Cl2Ti-2. The van der Waals surface area contributed by atoms with Crippen molar-refractivity contribution in [3.05, 3.63) is 83.0 Å². The van der Waals surface area contributed by atoms with Crippen LogP contribution in [0.5, 0.6) is 0 Å². The van der Waals surface area contributed by atoms with Crippen molar-refractivity contribution >= 4 is 3.81 Å². The van der Waals surface area contributed by atoms with E-state index in [0.29, 0.717) is 11.8 Å². The zero-order valence-corrected chi connectivity index (χ0v) is 22.8. The molecule has 0 spiro atoms. The summed E-state index contributed by atoms with van der Waals surface area (Å²) in [5, 5.41) is 0. The second-order valence-electron chi connectivity index (χ2n) is 9.02. The standard InChI is InChI=1S/C19H21.C5H8.C5H5.2ClH.Ti/c1-12(2)14-5-7-18-16(9-14)11-17-10-15(13(3)4)6-8-19(17)18;2*1-2-4-5-3-1;;;/h5-9,12-13H,11H2,1-4H3;1-4H2;1-3H,4H2;2*1H;/q-1;;-1;;;+2/p-2. The van der Waals surface area contributed by atoms with Crippen LogP contribution in [0, 0.1) is 12.1 Å². The summed E-state index contributed by atoms with van der Waals surface area (Å²) in [5.74, 6) is 1.16. The molecule has 0 nitrogen and oxygen atoms in total. The van der Waals surface area contributed by atoms with Crippen molar-refractivity contribution in [3.63, 3.8) is 0 Å². The Morgan fingerprint density at radius 3 is 2.03 bits per heavy atom. The Bertz CT molecular complexity index is 865. The number of hydrogen-bond donors (Lipinski definition) is 0. The fourth-order valence-corrected chi connectivity index (χ4v) is 4.55. The fourth-order valence-electron chi connectivity index (χ4n) is 4.00. The maximum atomic E-state index is 3.62. The molecular weight excluding hydrogens is 467 g/mol. The van der Waals surface area contributed by atoms with Gasteiger partial charge in [-0.25, -0.2) is 12.2 Å². The van der Waals surface area contributed by atoms with Crippen molar-refractivity contribution in [1.29, 1.82) is 0 Å². The number of fused-ring (bicyclic) bond motifs is 3. The molecule has 5 rings (SSSR count). The molecule has 3 heteroatoms. The van der Waals surface area contributed by atoms with E-state index in [-0.39, 0.29) is 24.8 Å². The number of benzene rings is 2. The summed E-state index contributed by atoms with van der Waals surface area (Å²) < 4.78 is 1.70. The topological polar surface area (TPSA) is 0 Å². The van der Waals surface area contributed by atoms with Gasteiger partial charge in [0.2, 0.25) is 0 Å². The van der Waals surface area contributed by atoms with E-state index in [1.807, 2.05) is 12.2 Å². The third kappa shape index (κ3) is 8.14. The van der Waals surface area contributed by atoms with Crippen LogP contribution in [0.2, 0.25) is 0 Å². The Morgan fingerprint density at radius 2 is 1.56 bits per heavy atom. The van der Waals surface area contributed by atoms with E-state index in [4.69, 9.17) is 0 Å². The number of halogens is 2. The van der Waals surface area contributed by atoms with Gasteiger partial charge in [0.1, 0.15) is 0 Å². The van der Waals surface area contributed by atoms with Crippen molar-refractivity contribution in [2.75, 3.05) is 0 Å². The zero-order valence-electron chi connectivity index (χ0n) is 19.8. The summed E-state index contributed by atoms with van der Waals surface area (Å²) >= 11 is 2.26. The molecule has 2 aromatic carbocycles. The molecule has 0 amide bonds. The molecule has 0 bridgehead atoms. The van der Waals surface area contributed by atoms with Crippen molar-refractivity contribution in [1.82, 2.24) is 0 Å². The number of allylic oxidation sites excluding steroid dienone is 4. The zero-order chi connectivity index (χ0) is 21.5. The van der Waals surface area contributed by atoms with E-state index < -0.39 is 0 Å². The van der Waals surface area contributed by atoms with E-state index in [2.05, 4.69) is 96.2 Å². The minimum atomic E-state index is 0. The summed E-state index contributed by atoms with van der Waals surface area (Å²) in [7, 11) is 0. The summed E-state index contributed by atoms with van der Waals surface area (Å²) in [6.07, 6.45) is 16.8. The molecule has 0 heterocycles. The van der Waals surface area contributed by atoms with Crippen LogP contribution in [0.25, 0.3) is 11.1 Å². The van der Waals surface area contributed by atoms with Gasteiger partial charge in [0.05, 0.1) is 0 Å². The maximum absolute atomic E-state index is 3.62. The van der Waals surface area contributed by atoms with Crippen molar-refractivity contribution < 1.29 is 44.8 Å². The van der Waals surface area contributed by atoms with Crippen LogP contribution in [0.4, 0.5) is 0 Å². The van der Waals surface area contributed by atoms with Gasteiger partial charge in [-0.15, -0.1) is 17.5 Å². The first kappa shape index (κ1) is 29.1. The Hall–Kier alpha value is -0.916. The molecule has 0 saturated heterocycles. The average Bonchev–Trinajstić information content (AvgIpc) is 3.50. The van der Waals surface area contributed by atoms with Crippen LogP contribution in [0.1, 0.15) is 93.9 Å². The van der Waals surface area contributed by atoms with Crippen LogP contribution in [0.3, 0.4) is 0 Å². The molecule has 2 aromatic rings. The van der Waals surface area contributed by atoms with Crippen LogP contribution < -0.4 is 24.8 Å². The molecule has 3 aliphatic rings. The van der Waals surface area contributed by atoms with E-state index in [0.717, 1.165) is 12.8 Å². The van der Waals surface area contributed by atoms with Gasteiger partial charge in [-0.2, -0.15) is 29.8 Å². The molecule has 1 fully saturated rings. The molecule has 0 aliphatic heterocycles. The molecule has 0 unspecified atom stereocenters. The Balaban J connectivity index is 0.000000325. The minimum absolute atomic E-state index is 0. The average molecular weight is 501 g/mol. The van der Waals surface area contributed by atoms with Crippen molar-refractivity contribution in [2.45, 2.75) is 78.1 Å². The molecule has 0 atom stereocenters. The van der Waals surface area contributed by atoms with Gasteiger partial charge in [0.15, 0.2) is 0 Å². The summed E-state index contributed by atoms with van der Waals surface area (Å²) in [6, 6.07) is 15.1.